The Hall–Kier alpha value is -0.920. The monoisotopic (exact) mass is 238 g/mol. The van der Waals surface area contributed by atoms with E-state index in [4.69, 9.17) is 19.7 Å². The molecule has 0 bridgehead atoms. The number of nitrogens with zero attached hydrogens (tertiary/aromatic N) is 2. The Balaban J connectivity index is 2.38. The molecule has 0 spiro atoms. The van der Waals surface area contributed by atoms with Crippen LogP contribution >= 0.6 is 7.82 Å². The van der Waals surface area contributed by atoms with E-state index in [1.807, 2.05) is 0 Å². The standard InChI is InChI=1S/C6H11N2O6P/c9-3-6(14-15(10,11)12)4-13-8-2-1-7-5-8/h1-2,5-6,9H,3-4H2,(H2,10,11,12). The SMILES string of the molecule is O=P(O)(O)OC(CO)COn1ccnc1. The summed E-state index contributed by atoms with van der Waals surface area (Å²) in [5, 5.41) is 8.74. The average Bonchev–Trinajstić information content (AvgIpc) is 2.62. The van der Waals surface area contributed by atoms with Gasteiger partial charge >= 0.3 is 7.82 Å². The molecule has 1 aromatic rings. The summed E-state index contributed by atoms with van der Waals surface area (Å²) < 4.78 is 15.9. The molecule has 3 N–H and O–H groups in total. The first-order valence-electron chi connectivity index (χ1n) is 3.97. The van der Waals surface area contributed by atoms with E-state index in [1.165, 1.54) is 23.5 Å². The Morgan fingerprint density at radius 1 is 1.53 bits per heavy atom. The highest BCUT2D eigenvalue weighted by molar-refractivity contribution is 7.46. The molecule has 0 aliphatic heterocycles. The Bertz CT molecular complexity index is 322. The predicted molar refractivity (Wildman–Crippen MR) is 47.7 cm³/mol. The van der Waals surface area contributed by atoms with E-state index < -0.39 is 20.5 Å². The van der Waals surface area contributed by atoms with Crippen LogP contribution in [-0.4, -0.2) is 43.9 Å². The van der Waals surface area contributed by atoms with E-state index in [0.29, 0.717) is 0 Å². The Morgan fingerprint density at radius 2 is 2.27 bits per heavy atom. The second kappa shape index (κ2) is 5.24. The van der Waals surface area contributed by atoms with Gasteiger partial charge in [0.25, 0.3) is 0 Å². The fraction of sp³-hybridized carbons (Fsp3) is 0.500. The maximum Gasteiger partial charge on any atom is 0.470 e. The minimum absolute atomic E-state index is 0.196. The van der Waals surface area contributed by atoms with E-state index in [0.717, 1.165) is 0 Å². The minimum atomic E-state index is -4.61. The van der Waals surface area contributed by atoms with Crippen LogP contribution in [0.5, 0.6) is 0 Å². The zero-order chi connectivity index (χ0) is 11.3. The lowest BCUT2D eigenvalue weighted by Crippen LogP contribution is -2.28. The van der Waals surface area contributed by atoms with Gasteiger partial charge in [0.05, 0.1) is 12.8 Å². The highest BCUT2D eigenvalue weighted by atomic mass is 31.2. The van der Waals surface area contributed by atoms with Crippen LogP contribution in [0.3, 0.4) is 0 Å². The number of aromatic nitrogens is 2. The molecule has 0 saturated heterocycles. The fourth-order valence-corrected chi connectivity index (χ4v) is 1.32. The zero-order valence-electron chi connectivity index (χ0n) is 7.63. The van der Waals surface area contributed by atoms with Gasteiger partial charge in [-0.1, -0.05) is 0 Å². The Kier molecular flexibility index (Phi) is 4.25. The first-order valence-corrected chi connectivity index (χ1v) is 5.50. The molecule has 15 heavy (non-hydrogen) atoms. The third-order valence-corrected chi connectivity index (χ3v) is 1.95. The summed E-state index contributed by atoms with van der Waals surface area (Å²) in [6, 6.07) is 0. The zero-order valence-corrected chi connectivity index (χ0v) is 8.53. The quantitative estimate of drug-likeness (QED) is 0.532. The second-order valence-corrected chi connectivity index (χ2v) is 3.81. The molecule has 0 radical (unpaired) electrons. The van der Waals surface area contributed by atoms with Crippen molar-refractivity contribution < 1.29 is 28.8 Å². The van der Waals surface area contributed by atoms with Gasteiger partial charge in [-0.15, -0.1) is 0 Å². The van der Waals surface area contributed by atoms with Crippen molar-refractivity contribution in [2.45, 2.75) is 6.10 Å². The van der Waals surface area contributed by atoms with Gasteiger partial charge < -0.3 is 19.7 Å². The summed E-state index contributed by atoms with van der Waals surface area (Å²) in [5.74, 6) is 0. The van der Waals surface area contributed by atoms with E-state index >= 15 is 0 Å². The summed E-state index contributed by atoms with van der Waals surface area (Å²) in [5.41, 5.74) is 0. The van der Waals surface area contributed by atoms with Crippen LogP contribution in [0.15, 0.2) is 18.7 Å². The molecule has 0 amide bonds. The molecule has 86 valence electrons. The maximum absolute atomic E-state index is 10.4. The normalized spacial score (nSPS) is 13.8. The van der Waals surface area contributed by atoms with E-state index in [1.54, 1.807) is 0 Å². The molecule has 1 heterocycles. The van der Waals surface area contributed by atoms with E-state index in [2.05, 4.69) is 9.51 Å². The predicted octanol–water partition coefficient (Wildman–Crippen LogP) is -1.22. The number of phosphoric acid groups is 1. The lowest BCUT2D eigenvalue weighted by molar-refractivity contribution is -0.00132. The molecule has 1 atom stereocenters. The van der Waals surface area contributed by atoms with Crippen molar-refractivity contribution in [3.8, 4) is 0 Å². The number of rotatable bonds is 6. The van der Waals surface area contributed by atoms with Gasteiger partial charge in [-0.25, -0.2) is 9.55 Å². The van der Waals surface area contributed by atoms with Gasteiger partial charge in [-0.05, 0) is 0 Å². The lowest BCUT2D eigenvalue weighted by atomic mass is 10.4. The van der Waals surface area contributed by atoms with Gasteiger partial charge in [0.1, 0.15) is 19.0 Å². The molecular weight excluding hydrogens is 227 g/mol. The molecule has 1 rings (SSSR count). The summed E-state index contributed by atoms with van der Waals surface area (Å²) in [6.07, 6.45) is 3.23. The van der Waals surface area contributed by atoms with Crippen molar-refractivity contribution >= 4 is 7.82 Å². The van der Waals surface area contributed by atoms with Gasteiger partial charge in [-0.3, -0.25) is 4.52 Å². The molecular formula is C6H11N2O6P. The molecule has 9 heteroatoms. The topological polar surface area (TPSA) is 114 Å². The van der Waals surface area contributed by atoms with Crippen molar-refractivity contribution in [3.05, 3.63) is 18.7 Å². The van der Waals surface area contributed by atoms with Crippen LogP contribution < -0.4 is 4.84 Å². The van der Waals surface area contributed by atoms with Crippen LogP contribution in [0.1, 0.15) is 0 Å². The van der Waals surface area contributed by atoms with Gasteiger partial charge in [0.2, 0.25) is 0 Å². The van der Waals surface area contributed by atoms with E-state index in [9.17, 15) is 4.57 Å². The van der Waals surface area contributed by atoms with Gasteiger partial charge in [0.15, 0.2) is 0 Å². The third-order valence-electron chi connectivity index (χ3n) is 1.38. The van der Waals surface area contributed by atoms with Gasteiger partial charge in [-0.2, -0.15) is 4.73 Å². The molecule has 1 unspecified atom stereocenters. The van der Waals surface area contributed by atoms with Crippen molar-refractivity contribution in [1.82, 2.24) is 9.71 Å². The minimum Gasteiger partial charge on any atom is -0.410 e. The molecule has 8 nitrogen and oxygen atoms in total. The van der Waals surface area contributed by atoms with Crippen LogP contribution in [0, 0.1) is 0 Å². The Morgan fingerprint density at radius 3 is 2.73 bits per heavy atom. The summed E-state index contributed by atoms with van der Waals surface area (Å²) >= 11 is 0. The molecule has 1 aromatic heterocycles. The number of aliphatic hydroxyl groups excluding tert-OH is 1. The summed E-state index contributed by atoms with van der Waals surface area (Å²) in [4.78, 5) is 25.6. The fourth-order valence-electron chi connectivity index (χ4n) is 0.803. The van der Waals surface area contributed by atoms with Crippen molar-refractivity contribution in [3.63, 3.8) is 0 Å². The van der Waals surface area contributed by atoms with Gasteiger partial charge in [0, 0.05) is 6.20 Å². The third kappa shape index (κ3) is 4.91. The largest absolute Gasteiger partial charge is 0.470 e. The highest BCUT2D eigenvalue weighted by Gasteiger charge is 2.22. The number of hydrogen-bond acceptors (Lipinski definition) is 5. The van der Waals surface area contributed by atoms with Crippen LogP contribution in [-0.2, 0) is 9.09 Å². The first kappa shape index (κ1) is 12.2. The smallest absolute Gasteiger partial charge is 0.410 e. The van der Waals surface area contributed by atoms with Crippen LogP contribution in [0.4, 0.5) is 0 Å². The maximum atomic E-state index is 10.4. The summed E-state index contributed by atoms with van der Waals surface area (Å²) in [7, 11) is -4.61. The lowest BCUT2D eigenvalue weighted by Gasteiger charge is -2.16. The molecule has 0 aliphatic carbocycles. The summed E-state index contributed by atoms with van der Waals surface area (Å²) in [6.45, 7) is -0.752. The highest BCUT2D eigenvalue weighted by Crippen LogP contribution is 2.37. The molecule has 0 fully saturated rings. The van der Waals surface area contributed by atoms with E-state index in [-0.39, 0.29) is 6.61 Å². The van der Waals surface area contributed by atoms with Crippen LogP contribution in [0.2, 0.25) is 0 Å². The first-order chi connectivity index (χ1) is 7.01. The van der Waals surface area contributed by atoms with Crippen LogP contribution in [0.25, 0.3) is 0 Å². The van der Waals surface area contributed by atoms with Crippen molar-refractivity contribution in [1.29, 1.82) is 0 Å². The average molecular weight is 238 g/mol. The number of hydrogen-bond donors (Lipinski definition) is 3. The molecule has 0 saturated carbocycles. The number of imidazole rings is 1. The van der Waals surface area contributed by atoms with Crippen molar-refractivity contribution in [2.75, 3.05) is 13.2 Å². The second-order valence-electron chi connectivity index (χ2n) is 2.62. The van der Waals surface area contributed by atoms with Crippen molar-refractivity contribution in [2.24, 2.45) is 0 Å². The molecule has 0 aliphatic rings. The number of phosphoric ester groups is 1. The number of aliphatic hydroxyl groups is 1. The molecule has 0 aromatic carbocycles. The Labute approximate surface area is 85.3 Å².